The molecule has 1 fully saturated rings. The van der Waals surface area contributed by atoms with Gasteiger partial charge in [-0.05, 0) is 61.9 Å². The largest absolute Gasteiger partial charge is 0.328 e. The number of carbonyl (C=O) groups is 1. The summed E-state index contributed by atoms with van der Waals surface area (Å²) in [5.41, 5.74) is 11.5. The van der Waals surface area contributed by atoms with Gasteiger partial charge in [-0.3, -0.25) is 9.36 Å². The number of benzene rings is 1. The van der Waals surface area contributed by atoms with Crippen molar-refractivity contribution in [3.63, 3.8) is 0 Å². The van der Waals surface area contributed by atoms with Crippen LogP contribution in [0.2, 0.25) is 0 Å². The fourth-order valence-corrected chi connectivity index (χ4v) is 4.50. The number of aromatic nitrogens is 5. The minimum atomic E-state index is -0.0858. The number of carbonyl (C=O) groups excluding carboxylic acids is 1. The van der Waals surface area contributed by atoms with Crippen molar-refractivity contribution in [2.45, 2.75) is 44.7 Å². The molecule has 1 aromatic carbocycles. The highest BCUT2D eigenvalue weighted by molar-refractivity contribution is 5.89. The lowest BCUT2D eigenvalue weighted by Crippen LogP contribution is -2.31. The van der Waals surface area contributed by atoms with Crippen molar-refractivity contribution < 1.29 is 4.79 Å². The molecule has 0 bridgehead atoms. The number of imidazole rings is 1. The van der Waals surface area contributed by atoms with Gasteiger partial charge < -0.3 is 10.7 Å². The summed E-state index contributed by atoms with van der Waals surface area (Å²) in [6.45, 7) is 2.01. The summed E-state index contributed by atoms with van der Waals surface area (Å²) in [6.07, 6.45) is 7.77. The summed E-state index contributed by atoms with van der Waals surface area (Å²) in [7, 11) is 0. The van der Waals surface area contributed by atoms with Crippen molar-refractivity contribution in [1.29, 1.82) is 0 Å². The molecular formula is C21H22N6O2. The van der Waals surface area contributed by atoms with Crippen LogP contribution in [0, 0.1) is 6.92 Å². The predicted octanol–water partition coefficient (Wildman–Crippen LogP) is 2.60. The van der Waals surface area contributed by atoms with Gasteiger partial charge in [-0.25, -0.2) is 14.3 Å². The average Bonchev–Trinajstić information content (AvgIpc) is 3.31. The standard InChI is InChI=1S/C21H22N6O2/c1-12-6-19-18(25-21(29)27(19)16-4-2-15(22)3-5-16)8-17(12)13-7-14(10-28)20-23-11-24-26(20)9-13/h6-11,15-16H,2-5,22H2,1H3,(H,25,29)/t15-,16+. The Morgan fingerprint density at radius 2 is 2.00 bits per heavy atom. The van der Waals surface area contributed by atoms with E-state index >= 15 is 0 Å². The quantitative estimate of drug-likeness (QED) is 0.522. The topological polar surface area (TPSA) is 111 Å². The zero-order valence-electron chi connectivity index (χ0n) is 16.1. The van der Waals surface area contributed by atoms with Gasteiger partial charge >= 0.3 is 5.69 Å². The number of aldehydes is 1. The number of aromatic amines is 1. The van der Waals surface area contributed by atoms with Gasteiger partial charge in [0.1, 0.15) is 6.33 Å². The number of H-pyrrole nitrogens is 1. The number of nitrogens with one attached hydrogen (secondary N) is 1. The van der Waals surface area contributed by atoms with Gasteiger partial charge in [-0.2, -0.15) is 5.10 Å². The third kappa shape index (κ3) is 2.87. The number of fused-ring (bicyclic) bond motifs is 2. The number of aryl methyl sites for hydroxylation is 1. The molecule has 0 atom stereocenters. The second-order valence-electron chi connectivity index (χ2n) is 7.88. The molecule has 0 saturated heterocycles. The molecule has 8 nitrogen and oxygen atoms in total. The van der Waals surface area contributed by atoms with E-state index in [9.17, 15) is 9.59 Å². The van der Waals surface area contributed by atoms with E-state index in [4.69, 9.17) is 5.73 Å². The van der Waals surface area contributed by atoms with Crippen LogP contribution in [0.25, 0.3) is 27.8 Å². The molecule has 29 heavy (non-hydrogen) atoms. The molecule has 0 radical (unpaired) electrons. The lowest BCUT2D eigenvalue weighted by molar-refractivity contribution is 0.112. The van der Waals surface area contributed by atoms with Gasteiger partial charge in [-0.15, -0.1) is 0 Å². The van der Waals surface area contributed by atoms with Crippen molar-refractivity contribution in [1.82, 2.24) is 24.1 Å². The molecular weight excluding hydrogens is 368 g/mol. The molecule has 0 spiro atoms. The van der Waals surface area contributed by atoms with Gasteiger partial charge in [0.15, 0.2) is 11.9 Å². The molecule has 3 aromatic heterocycles. The molecule has 1 saturated carbocycles. The molecule has 5 rings (SSSR count). The van der Waals surface area contributed by atoms with E-state index < -0.39 is 0 Å². The van der Waals surface area contributed by atoms with E-state index in [0.717, 1.165) is 59.7 Å². The molecule has 3 N–H and O–H groups in total. The maximum atomic E-state index is 12.7. The first kappa shape index (κ1) is 17.8. The lowest BCUT2D eigenvalue weighted by atomic mass is 9.91. The Morgan fingerprint density at radius 1 is 1.21 bits per heavy atom. The van der Waals surface area contributed by atoms with Gasteiger partial charge in [-0.1, -0.05) is 0 Å². The SMILES string of the molecule is Cc1cc2c(cc1-c1cc(C=O)c3ncnn3c1)[nH]c(=O)n2[C@H]1CC[C@@H](N)CC1. The summed E-state index contributed by atoms with van der Waals surface area (Å²) in [4.78, 5) is 31.4. The molecule has 1 aliphatic carbocycles. The van der Waals surface area contributed by atoms with Crippen LogP contribution in [0.15, 0.2) is 35.5 Å². The van der Waals surface area contributed by atoms with E-state index in [0.29, 0.717) is 11.2 Å². The molecule has 148 valence electrons. The van der Waals surface area contributed by atoms with Gasteiger partial charge in [0.05, 0.1) is 16.6 Å². The van der Waals surface area contributed by atoms with Crippen LogP contribution in [0.3, 0.4) is 0 Å². The second-order valence-corrected chi connectivity index (χ2v) is 7.88. The molecule has 0 unspecified atom stereocenters. The molecule has 1 aliphatic rings. The fourth-order valence-electron chi connectivity index (χ4n) is 4.50. The smallest absolute Gasteiger partial charge is 0.326 e. The first-order chi connectivity index (χ1) is 14.0. The maximum absolute atomic E-state index is 12.7. The minimum absolute atomic E-state index is 0.0858. The highest BCUT2D eigenvalue weighted by atomic mass is 16.1. The van der Waals surface area contributed by atoms with Crippen molar-refractivity contribution in [3.8, 4) is 11.1 Å². The molecule has 8 heteroatoms. The van der Waals surface area contributed by atoms with E-state index in [-0.39, 0.29) is 17.8 Å². The zero-order valence-corrected chi connectivity index (χ0v) is 16.1. The Balaban J connectivity index is 1.65. The highest BCUT2D eigenvalue weighted by Gasteiger charge is 2.23. The van der Waals surface area contributed by atoms with E-state index in [1.54, 1.807) is 4.52 Å². The normalized spacial score (nSPS) is 19.8. The Kier molecular flexibility index (Phi) is 4.09. The number of rotatable bonds is 3. The molecule has 3 heterocycles. The second kappa shape index (κ2) is 6.66. The monoisotopic (exact) mass is 390 g/mol. The zero-order chi connectivity index (χ0) is 20.1. The molecule has 4 aromatic rings. The van der Waals surface area contributed by atoms with Crippen LogP contribution < -0.4 is 11.4 Å². The van der Waals surface area contributed by atoms with Gasteiger partial charge in [0.25, 0.3) is 0 Å². The van der Waals surface area contributed by atoms with Crippen molar-refractivity contribution >= 4 is 23.0 Å². The highest BCUT2D eigenvalue weighted by Crippen LogP contribution is 2.32. The van der Waals surface area contributed by atoms with Crippen LogP contribution in [0.4, 0.5) is 0 Å². The summed E-state index contributed by atoms with van der Waals surface area (Å²) >= 11 is 0. The average molecular weight is 390 g/mol. The van der Waals surface area contributed by atoms with Gasteiger partial charge in [0.2, 0.25) is 0 Å². The maximum Gasteiger partial charge on any atom is 0.326 e. The summed E-state index contributed by atoms with van der Waals surface area (Å²) < 4.78 is 3.48. The number of hydrogen-bond acceptors (Lipinski definition) is 5. The van der Waals surface area contributed by atoms with E-state index in [2.05, 4.69) is 15.1 Å². The summed E-state index contributed by atoms with van der Waals surface area (Å²) in [5.74, 6) is 0. The Morgan fingerprint density at radius 3 is 2.76 bits per heavy atom. The third-order valence-corrected chi connectivity index (χ3v) is 6.01. The Hall–Kier alpha value is -3.26. The summed E-state index contributed by atoms with van der Waals surface area (Å²) in [5, 5.41) is 4.17. The van der Waals surface area contributed by atoms with Crippen molar-refractivity contribution in [2.24, 2.45) is 5.73 Å². The van der Waals surface area contributed by atoms with Gasteiger partial charge in [0, 0.05) is 23.8 Å². The first-order valence-corrected chi connectivity index (χ1v) is 9.84. The van der Waals surface area contributed by atoms with Crippen LogP contribution in [0.1, 0.15) is 47.6 Å². The minimum Gasteiger partial charge on any atom is -0.328 e. The van der Waals surface area contributed by atoms with Crippen LogP contribution in [0.5, 0.6) is 0 Å². The van der Waals surface area contributed by atoms with Crippen LogP contribution in [-0.2, 0) is 0 Å². The molecule has 0 amide bonds. The van der Waals surface area contributed by atoms with Crippen molar-refractivity contribution in [2.75, 3.05) is 0 Å². The fraction of sp³-hybridized carbons (Fsp3) is 0.333. The Labute approximate surface area is 166 Å². The number of hydrogen-bond donors (Lipinski definition) is 2. The number of nitrogens with zero attached hydrogens (tertiary/aromatic N) is 4. The number of pyridine rings is 1. The summed E-state index contributed by atoms with van der Waals surface area (Å²) in [6, 6.07) is 6.24. The molecule has 0 aliphatic heterocycles. The predicted molar refractivity (Wildman–Crippen MR) is 110 cm³/mol. The lowest BCUT2D eigenvalue weighted by Gasteiger charge is -2.27. The third-order valence-electron chi connectivity index (χ3n) is 6.01. The Bertz CT molecular complexity index is 1290. The van der Waals surface area contributed by atoms with E-state index in [1.807, 2.05) is 35.9 Å². The van der Waals surface area contributed by atoms with E-state index in [1.165, 1.54) is 6.33 Å². The van der Waals surface area contributed by atoms with Crippen LogP contribution in [-0.4, -0.2) is 36.5 Å². The first-order valence-electron chi connectivity index (χ1n) is 9.84. The van der Waals surface area contributed by atoms with Crippen molar-refractivity contribution in [3.05, 3.63) is 52.3 Å². The number of nitrogens with two attached hydrogens (primary N) is 1. The van der Waals surface area contributed by atoms with Crippen LogP contribution >= 0.6 is 0 Å².